The predicted octanol–water partition coefficient (Wildman–Crippen LogP) is 2.71. The summed E-state index contributed by atoms with van der Waals surface area (Å²) in [5.41, 5.74) is 0.800. The van der Waals surface area contributed by atoms with Gasteiger partial charge in [0.05, 0.1) is 5.69 Å². The SMILES string of the molecule is CCCCNC(=S)N(C(C)=O)c1ccccc1. The number of nitrogens with one attached hydrogen (secondary N) is 1. The zero-order valence-corrected chi connectivity index (χ0v) is 11.1. The van der Waals surface area contributed by atoms with E-state index in [1.165, 1.54) is 11.8 Å². The lowest BCUT2D eigenvalue weighted by Crippen LogP contribution is -2.43. The molecule has 0 bridgehead atoms. The summed E-state index contributed by atoms with van der Waals surface area (Å²) >= 11 is 5.24. The van der Waals surface area contributed by atoms with Crippen molar-refractivity contribution < 1.29 is 4.79 Å². The number of unbranched alkanes of at least 4 members (excludes halogenated alkanes) is 1. The number of rotatable bonds is 4. The zero-order chi connectivity index (χ0) is 12.7. The van der Waals surface area contributed by atoms with Crippen LogP contribution in [-0.2, 0) is 4.79 Å². The normalized spacial score (nSPS) is 9.76. The third-order valence-electron chi connectivity index (χ3n) is 2.34. The van der Waals surface area contributed by atoms with E-state index in [-0.39, 0.29) is 5.91 Å². The number of thiocarbonyl (C=S) groups is 1. The van der Waals surface area contributed by atoms with Crippen molar-refractivity contribution in [3.63, 3.8) is 0 Å². The van der Waals surface area contributed by atoms with Gasteiger partial charge in [0.2, 0.25) is 5.91 Å². The molecule has 1 aromatic rings. The Bertz CT molecular complexity index is 378. The van der Waals surface area contributed by atoms with Gasteiger partial charge < -0.3 is 5.32 Å². The molecule has 0 unspecified atom stereocenters. The average Bonchev–Trinajstić information content (AvgIpc) is 2.30. The van der Waals surface area contributed by atoms with Crippen LogP contribution in [0.25, 0.3) is 0 Å². The van der Waals surface area contributed by atoms with Crippen molar-refractivity contribution in [2.24, 2.45) is 0 Å². The Labute approximate surface area is 108 Å². The lowest BCUT2D eigenvalue weighted by atomic mass is 10.3. The number of para-hydroxylation sites is 1. The first kappa shape index (κ1) is 13.6. The third-order valence-corrected chi connectivity index (χ3v) is 2.67. The van der Waals surface area contributed by atoms with E-state index < -0.39 is 0 Å². The van der Waals surface area contributed by atoms with Crippen LogP contribution in [0, 0.1) is 0 Å². The fourth-order valence-corrected chi connectivity index (χ4v) is 1.81. The van der Waals surface area contributed by atoms with E-state index >= 15 is 0 Å². The molecule has 0 radical (unpaired) electrons. The Balaban J connectivity index is 2.73. The van der Waals surface area contributed by atoms with Gasteiger partial charge in [-0.25, -0.2) is 0 Å². The minimum atomic E-state index is -0.0785. The second-order valence-electron chi connectivity index (χ2n) is 3.78. The Morgan fingerprint density at radius 3 is 2.53 bits per heavy atom. The van der Waals surface area contributed by atoms with Gasteiger partial charge in [-0.3, -0.25) is 9.69 Å². The number of nitrogens with zero attached hydrogens (tertiary/aromatic N) is 1. The molecule has 92 valence electrons. The molecule has 0 aromatic heterocycles. The standard InChI is InChI=1S/C13H18N2OS/c1-3-4-10-14-13(17)15(11(2)16)12-8-6-5-7-9-12/h5-9H,3-4,10H2,1-2H3,(H,14,17). The van der Waals surface area contributed by atoms with E-state index in [9.17, 15) is 4.79 Å². The van der Waals surface area contributed by atoms with Crippen LogP contribution in [0.4, 0.5) is 5.69 Å². The minimum absolute atomic E-state index is 0.0785. The van der Waals surface area contributed by atoms with Crippen LogP contribution in [-0.4, -0.2) is 17.6 Å². The molecule has 0 aliphatic heterocycles. The largest absolute Gasteiger partial charge is 0.362 e. The number of hydrogen-bond acceptors (Lipinski definition) is 2. The number of hydrogen-bond donors (Lipinski definition) is 1. The molecule has 0 saturated carbocycles. The summed E-state index contributed by atoms with van der Waals surface area (Å²) in [5.74, 6) is -0.0785. The van der Waals surface area contributed by atoms with Crippen molar-refractivity contribution in [1.82, 2.24) is 5.32 Å². The van der Waals surface area contributed by atoms with Crippen LogP contribution < -0.4 is 10.2 Å². The van der Waals surface area contributed by atoms with Crippen molar-refractivity contribution >= 4 is 28.9 Å². The lowest BCUT2D eigenvalue weighted by Gasteiger charge is -2.22. The predicted molar refractivity (Wildman–Crippen MR) is 75.1 cm³/mol. The lowest BCUT2D eigenvalue weighted by molar-refractivity contribution is -0.115. The van der Waals surface area contributed by atoms with E-state index in [0.29, 0.717) is 5.11 Å². The maximum atomic E-state index is 11.6. The summed E-state index contributed by atoms with van der Waals surface area (Å²) < 4.78 is 0. The van der Waals surface area contributed by atoms with Gasteiger partial charge in [-0.1, -0.05) is 31.5 Å². The molecule has 1 N–H and O–H groups in total. The van der Waals surface area contributed by atoms with Gasteiger partial charge in [0.1, 0.15) is 0 Å². The highest BCUT2D eigenvalue weighted by molar-refractivity contribution is 7.80. The van der Waals surface area contributed by atoms with Gasteiger partial charge in [0.15, 0.2) is 5.11 Å². The molecule has 0 heterocycles. The molecule has 17 heavy (non-hydrogen) atoms. The fourth-order valence-electron chi connectivity index (χ4n) is 1.47. The molecular weight excluding hydrogens is 232 g/mol. The smallest absolute Gasteiger partial charge is 0.230 e. The van der Waals surface area contributed by atoms with Crippen LogP contribution in [0.15, 0.2) is 30.3 Å². The van der Waals surface area contributed by atoms with E-state index in [2.05, 4.69) is 12.2 Å². The van der Waals surface area contributed by atoms with E-state index in [4.69, 9.17) is 12.2 Å². The van der Waals surface area contributed by atoms with Crippen molar-refractivity contribution in [2.45, 2.75) is 26.7 Å². The monoisotopic (exact) mass is 250 g/mol. The molecular formula is C13H18N2OS. The van der Waals surface area contributed by atoms with Gasteiger partial charge in [-0.2, -0.15) is 0 Å². The molecule has 0 saturated heterocycles. The van der Waals surface area contributed by atoms with Crippen molar-refractivity contribution in [3.05, 3.63) is 30.3 Å². The molecule has 1 aromatic carbocycles. The van der Waals surface area contributed by atoms with Crippen LogP contribution in [0.3, 0.4) is 0 Å². The highest BCUT2D eigenvalue weighted by Gasteiger charge is 2.15. The second-order valence-corrected chi connectivity index (χ2v) is 4.16. The van der Waals surface area contributed by atoms with Gasteiger partial charge >= 0.3 is 0 Å². The van der Waals surface area contributed by atoms with Gasteiger partial charge in [-0.15, -0.1) is 0 Å². The maximum Gasteiger partial charge on any atom is 0.230 e. The van der Waals surface area contributed by atoms with E-state index in [1.54, 1.807) is 0 Å². The Morgan fingerprint density at radius 1 is 1.35 bits per heavy atom. The topological polar surface area (TPSA) is 32.3 Å². The average molecular weight is 250 g/mol. The number of carbonyl (C=O) groups is 1. The maximum absolute atomic E-state index is 11.6. The van der Waals surface area contributed by atoms with Gasteiger partial charge in [0.25, 0.3) is 0 Å². The molecule has 0 aliphatic carbocycles. The first-order chi connectivity index (χ1) is 8.16. The summed E-state index contributed by atoms with van der Waals surface area (Å²) in [6, 6.07) is 9.43. The Hall–Kier alpha value is -1.42. The molecule has 0 fully saturated rings. The Kier molecular flexibility index (Phi) is 5.63. The van der Waals surface area contributed by atoms with Crippen LogP contribution in [0.5, 0.6) is 0 Å². The molecule has 0 aliphatic rings. The molecule has 3 nitrogen and oxygen atoms in total. The highest BCUT2D eigenvalue weighted by Crippen LogP contribution is 2.13. The molecule has 0 spiro atoms. The van der Waals surface area contributed by atoms with Crippen molar-refractivity contribution in [2.75, 3.05) is 11.4 Å². The third kappa shape index (κ3) is 4.15. The van der Waals surface area contributed by atoms with Crippen molar-refractivity contribution in [3.8, 4) is 0 Å². The van der Waals surface area contributed by atoms with Crippen molar-refractivity contribution in [1.29, 1.82) is 0 Å². The number of carbonyl (C=O) groups excluding carboxylic acids is 1. The summed E-state index contributed by atoms with van der Waals surface area (Å²) in [6.45, 7) is 4.43. The summed E-state index contributed by atoms with van der Waals surface area (Å²) in [6.07, 6.45) is 2.14. The first-order valence-electron chi connectivity index (χ1n) is 5.80. The van der Waals surface area contributed by atoms with Gasteiger partial charge in [-0.05, 0) is 30.8 Å². The minimum Gasteiger partial charge on any atom is -0.362 e. The van der Waals surface area contributed by atoms with Crippen LogP contribution in [0.1, 0.15) is 26.7 Å². The number of anilines is 1. The fraction of sp³-hybridized carbons (Fsp3) is 0.385. The summed E-state index contributed by atoms with van der Waals surface area (Å²) in [7, 11) is 0. The van der Waals surface area contributed by atoms with E-state index in [0.717, 1.165) is 25.1 Å². The summed E-state index contributed by atoms with van der Waals surface area (Å²) in [4.78, 5) is 13.1. The van der Waals surface area contributed by atoms with Crippen LogP contribution >= 0.6 is 12.2 Å². The zero-order valence-electron chi connectivity index (χ0n) is 10.3. The molecule has 0 atom stereocenters. The first-order valence-corrected chi connectivity index (χ1v) is 6.21. The summed E-state index contributed by atoms with van der Waals surface area (Å²) in [5, 5.41) is 3.57. The number of benzene rings is 1. The van der Waals surface area contributed by atoms with Gasteiger partial charge in [0, 0.05) is 13.5 Å². The number of amides is 1. The quantitative estimate of drug-likeness (QED) is 0.658. The molecule has 4 heteroatoms. The molecule has 1 rings (SSSR count). The molecule has 1 amide bonds. The van der Waals surface area contributed by atoms with Crippen LogP contribution in [0.2, 0.25) is 0 Å². The Morgan fingerprint density at radius 2 is 2.00 bits per heavy atom. The second kappa shape index (κ2) is 7.01. The highest BCUT2D eigenvalue weighted by atomic mass is 32.1. The van der Waals surface area contributed by atoms with E-state index in [1.807, 2.05) is 30.3 Å².